The van der Waals surface area contributed by atoms with E-state index in [-0.39, 0.29) is 11.9 Å². The summed E-state index contributed by atoms with van der Waals surface area (Å²) >= 11 is 1.68. The van der Waals surface area contributed by atoms with E-state index in [0.29, 0.717) is 0 Å². The van der Waals surface area contributed by atoms with Crippen molar-refractivity contribution in [1.82, 2.24) is 0 Å². The van der Waals surface area contributed by atoms with Crippen molar-refractivity contribution in [2.45, 2.75) is 30.8 Å². The van der Waals surface area contributed by atoms with Crippen LogP contribution in [0.3, 0.4) is 0 Å². The van der Waals surface area contributed by atoms with Gasteiger partial charge in [0.1, 0.15) is 0 Å². The molecule has 0 atom stereocenters. The highest BCUT2D eigenvalue weighted by atomic mass is 32.2. The van der Waals surface area contributed by atoms with Gasteiger partial charge in [-0.3, -0.25) is 0 Å². The second-order valence-corrected chi connectivity index (χ2v) is 6.09. The Morgan fingerprint density at radius 2 is 2.15 bits per heavy atom. The number of oxime groups is 1. The Labute approximate surface area is 123 Å². The van der Waals surface area contributed by atoms with Gasteiger partial charge in [0.15, 0.2) is 5.84 Å². The number of aliphatic hydroxyl groups is 1. The summed E-state index contributed by atoms with van der Waals surface area (Å²) in [6, 6.07) is 5.97. The van der Waals surface area contributed by atoms with Crippen molar-refractivity contribution in [3.05, 3.63) is 23.8 Å². The third-order valence-electron chi connectivity index (χ3n) is 3.47. The molecule has 20 heavy (non-hydrogen) atoms. The molecular formula is C14H21N3O2S. The van der Waals surface area contributed by atoms with E-state index in [4.69, 9.17) is 10.9 Å². The van der Waals surface area contributed by atoms with E-state index in [1.54, 1.807) is 11.8 Å². The van der Waals surface area contributed by atoms with Gasteiger partial charge in [-0.25, -0.2) is 0 Å². The van der Waals surface area contributed by atoms with Crippen LogP contribution in [-0.2, 0) is 0 Å². The Balaban J connectivity index is 2.38. The van der Waals surface area contributed by atoms with Crippen LogP contribution in [0.4, 0.5) is 5.69 Å². The number of piperidine rings is 1. The molecule has 1 saturated heterocycles. The summed E-state index contributed by atoms with van der Waals surface area (Å²) in [6.45, 7) is 3.64. The number of nitrogens with zero attached hydrogens (tertiary/aromatic N) is 2. The minimum Gasteiger partial charge on any atom is -0.409 e. The van der Waals surface area contributed by atoms with Crippen LogP contribution in [0.1, 0.15) is 25.3 Å². The van der Waals surface area contributed by atoms with Gasteiger partial charge in [-0.1, -0.05) is 18.1 Å². The second-order valence-electron chi connectivity index (χ2n) is 4.79. The maximum absolute atomic E-state index is 9.62. The highest BCUT2D eigenvalue weighted by Crippen LogP contribution is 2.32. The molecular weight excluding hydrogens is 274 g/mol. The number of nitrogens with two attached hydrogens (primary N) is 1. The van der Waals surface area contributed by atoms with E-state index in [9.17, 15) is 5.11 Å². The molecule has 0 saturated carbocycles. The van der Waals surface area contributed by atoms with Crippen molar-refractivity contribution >= 4 is 23.3 Å². The number of anilines is 1. The van der Waals surface area contributed by atoms with E-state index in [2.05, 4.69) is 17.0 Å². The molecule has 2 rings (SSSR count). The SMILES string of the molecule is CCSc1cccc(N2CCC(O)CC2)c1/C(N)=N/O. The third kappa shape index (κ3) is 3.19. The number of rotatable bonds is 4. The van der Waals surface area contributed by atoms with Crippen LogP contribution >= 0.6 is 11.8 Å². The first-order valence-electron chi connectivity index (χ1n) is 6.84. The molecule has 4 N–H and O–H groups in total. The van der Waals surface area contributed by atoms with E-state index >= 15 is 0 Å². The molecule has 0 radical (unpaired) electrons. The van der Waals surface area contributed by atoms with E-state index in [1.165, 1.54) is 0 Å². The van der Waals surface area contributed by atoms with Crippen molar-refractivity contribution < 1.29 is 10.3 Å². The van der Waals surface area contributed by atoms with Gasteiger partial charge in [-0.15, -0.1) is 11.8 Å². The molecule has 5 nitrogen and oxygen atoms in total. The molecule has 1 aromatic carbocycles. The summed E-state index contributed by atoms with van der Waals surface area (Å²) in [5.41, 5.74) is 7.64. The summed E-state index contributed by atoms with van der Waals surface area (Å²) < 4.78 is 0. The predicted molar refractivity (Wildman–Crippen MR) is 82.8 cm³/mol. The zero-order chi connectivity index (χ0) is 14.5. The topological polar surface area (TPSA) is 82.1 Å². The summed E-state index contributed by atoms with van der Waals surface area (Å²) in [6.07, 6.45) is 1.29. The fourth-order valence-electron chi connectivity index (χ4n) is 2.47. The van der Waals surface area contributed by atoms with Gasteiger partial charge in [0.05, 0.1) is 11.7 Å². The van der Waals surface area contributed by atoms with Crippen molar-refractivity contribution in [2.24, 2.45) is 10.9 Å². The lowest BCUT2D eigenvalue weighted by Crippen LogP contribution is -2.37. The van der Waals surface area contributed by atoms with Crippen molar-refractivity contribution in [2.75, 3.05) is 23.7 Å². The zero-order valence-electron chi connectivity index (χ0n) is 11.6. The molecule has 0 spiro atoms. The molecule has 0 bridgehead atoms. The van der Waals surface area contributed by atoms with Gasteiger partial charge in [-0.2, -0.15) is 0 Å². The first-order chi connectivity index (χ1) is 9.67. The minimum absolute atomic E-state index is 0.141. The van der Waals surface area contributed by atoms with Gasteiger partial charge in [0, 0.05) is 23.7 Å². The first kappa shape index (κ1) is 15.0. The maximum Gasteiger partial charge on any atom is 0.173 e. The fourth-order valence-corrected chi connectivity index (χ4v) is 3.31. The van der Waals surface area contributed by atoms with Crippen LogP contribution in [0, 0.1) is 0 Å². The molecule has 0 aliphatic carbocycles. The number of thioether (sulfide) groups is 1. The van der Waals surface area contributed by atoms with E-state index in [0.717, 1.165) is 47.8 Å². The molecule has 1 aliphatic heterocycles. The van der Waals surface area contributed by atoms with Crippen LogP contribution in [0.2, 0.25) is 0 Å². The van der Waals surface area contributed by atoms with Gasteiger partial charge < -0.3 is 20.9 Å². The monoisotopic (exact) mass is 295 g/mol. The summed E-state index contributed by atoms with van der Waals surface area (Å²) in [5.74, 6) is 1.07. The summed E-state index contributed by atoms with van der Waals surface area (Å²) in [4.78, 5) is 3.21. The van der Waals surface area contributed by atoms with Crippen LogP contribution in [0.15, 0.2) is 28.3 Å². The van der Waals surface area contributed by atoms with Gasteiger partial charge >= 0.3 is 0 Å². The standard InChI is InChI=1S/C14H21N3O2S/c1-2-20-12-5-3-4-11(13(12)14(15)16-19)17-8-6-10(18)7-9-17/h3-5,10,18-19H,2,6-9H2,1H3,(H2,15,16). The average Bonchev–Trinajstić information content (AvgIpc) is 2.47. The number of aliphatic hydroxyl groups excluding tert-OH is 1. The molecule has 0 unspecified atom stereocenters. The molecule has 0 aromatic heterocycles. The Morgan fingerprint density at radius 1 is 1.45 bits per heavy atom. The minimum atomic E-state index is -0.216. The van der Waals surface area contributed by atoms with Crippen molar-refractivity contribution in [3.63, 3.8) is 0 Å². The number of hydrogen-bond donors (Lipinski definition) is 3. The Kier molecular flexibility index (Phi) is 5.14. The number of amidine groups is 1. The maximum atomic E-state index is 9.62. The van der Waals surface area contributed by atoms with Crippen molar-refractivity contribution in [1.29, 1.82) is 0 Å². The zero-order valence-corrected chi connectivity index (χ0v) is 12.4. The Bertz CT molecular complexity index is 485. The Hall–Kier alpha value is -1.40. The van der Waals surface area contributed by atoms with Crippen LogP contribution < -0.4 is 10.6 Å². The second kappa shape index (κ2) is 6.85. The highest BCUT2D eigenvalue weighted by Gasteiger charge is 2.22. The van der Waals surface area contributed by atoms with Gasteiger partial charge in [0.25, 0.3) is 0 Å². The fraction of sp³-hybridized carbons (Fsp3) is 0.500. The smallest absolute Gasteiger partial charge is 0.173 e. The lowest BCUT2D eigenvalue weighted by Gasteiger charge is -2.33. The molecule has 6 heteroatoms. The molecule has 110 valence electrons. The molecule has 1 aliphatic rings. The van der Waals surface area contributed by atoms with Crippen LogP contribution in [0.5, 0.6) is 0 Å². The predicted octanol–water partition coefficient (Wildman–Crippen LogP) is 1.85. The average molecular weight is 295 g/mol. The normalized spacial score (nSPS) is 17.5. The first-order valence-corrected chi connectivity index (χ1v) is 7.82. The van der Waals surface area contributed by atoms with E-state index < -0.39 is 0 Å². The van der Waals surface area contributed by atoms with Gasteiger partial charge in [0.2, 0.25) is 0 Å². The molecule has 1 heterocycles. The summed E-state index contributed by atoms with van der Waals surface area (Å²) in [5, 5.41) is 21.8. The Morgan fingerprint density at radius 3 is 2.75 bits per heavy atom. The third-order valence-corrected chi connectivity index (χ3v) is 4.41. The lowest BCUT2D eigenvalue weighted by atomic mass is 10.0. The number of hydrogen-bond acceptors (Lipinski definition) is 5. The summed E-state index contributed by atoms with van der Waals surface area (Å²) in [7, 11) is 0. The molecule has 1 fully saturated rings. The van der Waals surface area contributed by atoms with Crippen molar-refractivity contribution in [3.8, 4) is 0 Å². The molecule has 1 aromatic rings. The van der Waals surface area contributed by atoms with Crippen LogP contribution in [0.25, 0.3) is 0 Å². The lowest BCUT2D eigenvalue weighted by molar-refractivity contribution is 0.145. The van der Waals surface area contributed by atoms with Gasteiger partial charge in [-0.05, 0) is 30.7 Å². The molecule has 0 amide bonds. The van der Waals surface area contributed by atoms with Crippen LogP contribution in [-0.4, -0.2) is 41.1 Å². The number of benzene rings is 1. The largest absolute Gasteiger partial charge is 0.409 e. The quantitative estimate of drug-likeness (QED) is 0.260. The van der Waals surface area contributed by atoms with E-state index in [1.807, 2.05) is 18.2 Å². The highest BCUT2D eigenvalue weighted by molar-refractivity contribution is 7.99.